The van der Waals surface area contributed by atoms with Gasteiger partial charge in [-0.05, 0) is 43.5 Å². The van der Waals surface area contributed by atoms with Crippen molar-refractivity contribution in [1.82, 2.24) is 4.90 Å². The van der Waals surface area contributed by atoms with Crippen molar-refractivity contribution in [3.63, 3.8) is 0 Å². The zero-order valence-corrected chi connectivity index (χ0v) is 12.7. The number of hydrogen-bond acceptors (Lipinski definition) is 3. The predicted octanol–water partition coefficient (Wildman–Crippen LogP) is 2.72. The number of piperidine rings is 1. The van der Waals surface area contributed by atoms with E-state index in [1.807, 2.05) is 12.1 Å². The maximum Gasteiger partial charge on any atom is 0.119 e. The summed E-state index contributed by atoms with van der Waals surface area (Å²) in [6, 6.07) is 8.31. The van der Waals surface area contributed by atoms with Crippen LogP contribution in [0, 0.1) is 5.92 Å². The first-order valence-electron chi connectivity index (χ1n) is 7.85. The third-order valence-corrected chi connectivity index (χ3v) is 4.09. The van der Waals surface area contributed by atoms with Gasteiger partial charge in [0.15, 0.2) is 0 Å². The summed E-state index contributed by atoms with van der Waals surface area (Å²) >= 11 is 0. The molecule has 0 bridgehead atoms. The molecule has 1 aliphatic rings. The van der Waals surface area contributed by atoms with Crippen LogP contribution in [-0.2, 0) is 6.42 Å². The van der Waals surface area contributed by atoms with Gasteiger partial charge in [-0.15, -0.1) is 0 Å². The highest BCUT2D eigenvalue weighted by Crippen LogP contribution is 2.23. The third-order valence-electron chi connectivity index (χ3n) is 4.09. The molecular weight excluding hydrogens is 250 g/mol. The molecule has 1 heterocycles. The van der Waals surface area contributed by atoms with E-state index < -0.39 is 0 Å². The lowest BCUT2D eigenvalue weighted by atomic mass is 9.88. The van der Waals surface area contributed by atoms with Crippen molar-refractivity contribution in [2.75, 3.05) is 26.2 Å². The minimum atomic E-state index is -0.169. The Balaban J connectivity index is 1.97. The average Bonchev–Trinajstić information content (AvgIpc) is 2.48. The molecule has 1 aromatic rings. The molecule has 1 N–H and O–H groups in total. The van der Waals surface area contributed by atoms with Crippen LogP contribution in [0.4, 0.5) is 0 Å². The first kappa shape index (κ1) is 15.3. The Morgan fingerprint density at radius 3 is 2.95 bits per heavy atom. The average molecular weight is 277 g/mol. The Kier molecular flexibility index (Phi) is 5.86. The van der Waals surface area contributed by atoms with E-state index in [1.165, 1.54) is 5.56 Å². The summed E-state index contributed by atoms with van der Waals surface area (Å²) in [5.41, 5.74) is 1.26. The molecule has 1 aromatic carbocycles. The van der Waals surface area contributed by atoms with Crippen LogP contribution in [0.1, 0.15) is 32.3 Å². The van der Waals surface area contributed by atoms with E-state index in [2.05, 4.69) is 30.9 Å². The smallest absolute Gasteiger partial charge is 0.119 e. The van der Waals surface area contributed by atoms with E-state index in [-0.39, 0.29) is 6.10 Å². The number of likely N-dealkylation sites (tertiary alicyclic amines) is 1. The normalized spacial score (nSPS) is 23.8. The molecule has 0 aromatic heterocycles. The molecular formula is C17H27NO2. The number of hydrogen-bond donors (Lipinski definition) is 1. The largest absolute Gasteiger partial charge is 0.494 e. The lowest BCUT2D eigenvalue weighted by Crippen LogP contribution is -2.43. The van der Waals surface area contributed by atoms with Crippen molar-refractivity contribution in [2.24, 2.45) is 5.92 Å². The van der Waals surface area contributed by atoms with E-state index in [0.717, 1.165) is 51.3 Å². The molecule has 0 spiro atoms. The maximum atomic E-state index is 10.2. The van der Waals surface area contributed by atoms with Crippen LogP contribution >= 0.6 is 0 Å². The molecule has 2 atom stereocenters. The molecule has 0 aliphatic carbocycles. The number of benzene rings is 1. The summed E-state index contributed by atoms with van der Waals surface area (Å²) in [5.74, 6) is 1.28. The van der Waals surface area contributed by atoms with Gasteiger partial charge in [-0.25, -0.2) is 0 Å². The molecule has 2 rings (SSSR count). The van der Waals surface area contributed by atoms with Crippen LogP contribution in [0.3, 0.4) is 0 Å². The SMILES string of the molecule is CCCOc1cccc(CC2CN(CC)CCC2O)c1. The minimum absolute atomic E-state index is 0.169. The second kappa shape index (κ2) is 7.65. The van der Waals surface area contributed by atoms with Crippen molar-refractivity contribution < 1.29 is 9.84 Å². The standard InChI is InChI=1S/C17H27NO2/c1-3-10-20-16-7-5-6-14(12-16)11-15-13-18(4-2)9-8-17(15)19/h5-7,12,15,17,19H,3-4,8-11,13H2,1-2H3. The second-order valence-electron chi connectivity index (χ2n) is 5.71. The zero-order valence-electron chi connectivity index (χ0n) is 12.7. The van der Waals surface area contributed by atoms with Gasteiger partial charge in [0, 0.05) is 19.0 Å². The number of nitrogens with zero attached hydrogens (tertiary/aromatic N) is 1. The lowest BCUT2D eigenvalue weighted by Gasteiger charge is -2.35. The monoisotopic (exact) mass is 277 g/mol. The van der Waals surface area contributed by atoms with E-state index >= 15 is 0 Å². The Labute approximate surface area is 122 Å². The highest BCUT2D eigenvalue weighted by atomic mass is 16.5. The number of rotatable bonds is 6. The van der Waals surface area contributed by atoms with Crippen molar-refractivity contribution in [2.45, 2.75) is 39.2 Å². The summed E-state index contributed by atoms with van der Waals surface area (Å²) in [4.78, 5) is 2.43. The van der Waals surface area contributed by atoms with Gasteiger partial charge in [0.2, 0.25) is 0 Å². The predicted molar refractivity (Wildman–Crippen MR) is 82.2 cm³/mol. The summed E-state index contributed by atoms with van der Waals surface area (Å²) in [7, 11) is 0. The summed E-state index contributed by atoms with van der Waals surface area (Å²) in [6.07, 6.45) is 2.68. The number of aliphatic hydroxyl groups is 1. The summed E-state index contributed by atoms with van der Waals surface area (Å²) in [6.45, 7) is 8.16. The Morgan fingerprint density at radius 2 is 2.20 bits per heavy atom. The molecule has 0 radical (unpaired) electrons. The van der Waals surface area contributed by atoms with Gasteiger partial charge < -0.3 is 14.7 Å². The first-order valence-corrected chi connectivity index (χ1v) is 7.85. The van der Waals surface area contributed by atoms with Gasteiger partial charge in [-0.2, -0.15) is 0 Å². The van der Waals surface area contributed by atoms with Gasteiger partial charge in [-0.1, -0.05) is 26.0 Å². The molecule has 3 heteroatoms. The molecule has 112 valence electrons. The first-order chi connectivity index (χ1) is 9.72. The fraction of sp³-hybridized carbons (Fsp3) is 0.647. The minimum Gasteiger partial charge on any atom is -0.494 e. The van der Waals surface area contributed by atoms with Gasteiger partial charge in [0.25, 0.3) is 0 Å². The van der Waals surface area contributed by atoms with Crippen LogP contribution in [0.2, 0.25) is 0 Å². The molecule has 2 unspecified atom stereocenters. The molecule has 0 amide bonds. The van der Waals surface area contributed by atoms with Crippen molar-refractivity contribution >= 4 is 0 Å². The highest BCUT2D eigenvalue weighted by molar-refractivity contribution is 5.29. The van der Waals surface area contributed by atoms with Crippen LogP contribution in [-0.4, -0.2) is 42.4 Å². The Hall–Kier alpha value is -1.06. The topological polar surface area (TPSA) is 32.7 Å². The molecule has 1 saturated heterocycles. The molecule has 1 fully saturated rings. The number of aliphatic hydroxyl groups excluding tert-OH is 1. The van der Waals surface area contributed by atoms with Gasteiger partial charge in [0.1, 0.15) is 5.75 Å². The molecule has 1 aliphatic heterocycles. The fourth-order valence-electron chi connectivity index (χ4n) is 2.87. The van der Waals surface area contributed by atoms with Crippen LogP contribution in [0.5, 0.6) is 5.75 Å². The zero-order chi connectivity index (χ0) is 14.4. The van der Waals surface area contributed by atoms with Crippen molar-refractivity contribution in [3.8, 4) is 5.75 Å². The molecule has 3 nitrogen and oxygen atoms in total. The molecule has 20 heavy (non-hydrogen) atoms. The third kappa shape index (κ3) is 4.22. The Bertz CT molecular complexity index is 408. The molecule has 0 saturated carbocycles. The van der Waals surface area contributed by atoms with E-state index in [1.54, 1.807) is 0 Å². The van der Waals surface area contributed by atoms with E-state index in [9.17, 15) is 5.11 Å². The van der Waals surface area contributed by atoms with Crippen molar-refractivity contribution in [1.29, 1.82) is 0 Å². The van der Waals surface area contributed by atoms with Crippen molar-refractivity contribution in [3.05, 3.63) is 29.8 Å². The Morgan fingerprint density at radius 1 is 1.35 bits per heavy atom. The maximum absolute atomic E-state index is 10.2. The highest BCUT2D eigenvalue weighted by Gasteiger charge is 2.27. The van der Waals surface area contributed by atoms with Gasteiger partial charge in [-0.3, -0.25) is 0 Å². The number of ether oxygens (including phenoxy) is 1. The summed E-state index contributed by atoms with van der Waals surface area (Å²) < 4.78 is 5.68. The van der Waals surface area contributed by atoms with E-state index in [0.29, 0.717) is 5.92 Å². The van der Waals surface area contributed by atoms with Gasteiger partial charge >= 0.3 is 0 Å². The second-order valence-corrected chi connectivity index (χ2v) is 5.71. The fourth-order valence-corrected chi connectivity index (χ4v) is 2.87. The van der Waals surface area contributed by atoms with Crippen LogP contribution in [0.15, 0.2) is 24.3 Å². The van der Waals surface area contributed by atoms with Crippen LogP contribution in [0.25, 0.3) is 0 Å². The lowest BCUT2D eigenvalue weighted by molar-refractivity contribution is 0.0290. The quantitative estimate of drug-likeness (QED) is 0.868. The van der Waals surface area contributed by atoms with Gasteiger partial charge in [0.05, 0.1) is 12.7 Å². The van der Waals surface area contributed by atoms with Crippen LogP contribution < -0.4 is 4.74 Å². The van der Waals surface area contributed by atoms with E-state index in [4.69, 9.17) is 4.74 Å². The summed E-state index contributed by atoms with van der Waals surface area (Å²) in [5, 5.41) is 10.2.